The van der Waals surface area contributed by atoms with Crippen molar-refractivity contribution in [2.24, 2.45) is 5.41 Å². The van der Waals surface area contributed by atoms with Crippen LogP contribution in [0.2, 0.25) is 5.02 Å². The molecule has 4 rings (SSSR count). The van der Waals surface area contributed by atoms with Gasteiger partial charge >= 0.3 is 0 Å². The Bertz CT molecular complexity index is 1280. The van der Waals surface area contributed by atoms with E-state index >= 15 is 0 Å². The van der Waals surface area contributed by atoms with Crippen molar-refractivity contribution in [3.8, 4) is 21.9 Å². The van der Waals surface area contributed by atoms with E-state index in [9.17, 15) is 4.79 Å². The van der Waals surface area contributed by atoms with Crippen LogP contribution in [0.3, 0.4) is 0 Å². The fourth-order valence-corrected chi connectivity index (χ4v) is 4.62. The Kier molecular flexibility index (Phi) is 5.91. The molecule has 0 N–H and O–H groups in total. The summed E-state index contributed by atoms with van der Waals surface area (Å²) in [5.74, 6) is 0.793. The van der Waals surface area contributed by atoms with E-state index in [4.69, 9.17) is 16.3 Å². The number of hydrogen-bond acceptors (Lipinski definition) is 4. The van der Waals surface area contributed by atoms with Crippen LogP contribution in [0.1, 0.15) is 32.8 Å². The topological polar surface area (TPSA) is 44.1 Å². The molecule has 4 nitrogen and oxygen atoms in total. The third-order valence-corrected chi connectivity index (χ3v) is 6.67. The molecule has 0 bridgehead atoms. The van der Waals surface area contributed by atoms with Crippen LogP contribution in [-0.4, -0.2) is 16.7 Å². The number of thiophene rings is 1. The average molecular weight is 453 g/mol. The van der Waals surface area contributed by atoms with Gasteiger partial charge in [-0.05, 0) is 53.6 Å². The van der Waals surface area contributed by atoms with Crippen molar-refractivity contribution in [1.82, 2.24) is 9.55 Å². The Balaban J connectivity index is 1.71. The minimum absolute atomic E-state index is 0.0836. The van der Waals surface area contributed by atoms with Gasteiger partial charge in [0, 0.05) is 16.0 Å². The van der Waals surface area contributed by atoms with Crippen molar-refractivity contribution < 1.29 is 4.74 Å². The SMILES string of the molecule is COc1cc(-n2cnc3cc(-c4ccc(Cl)cc4)sc3c2=O)ccc1CCC(C)(C)C. The quantitative estimate of drug-likeness (QED) is 0.336. The number of hydrogen-bond donors (Lipinski definition) is 0. The van der Waals surface area contributed by atoms with Gasteiger partial charge in [0.25, 0.3) is 5.56 Å². The zero-order valence-electron chi connectivity index (χ0n) is 18.1. The molecule has 4 aromatic rings. The van der Waals surface area contributed by atoms with Crippen molar-refractivity contribution in [2.75, 3.05) is 7.11 Å². The number of aryl methyl sites for hydroxylation is 1. The number of nitrogens with zero attached hydrogens (tertiary/aromatic N) is 2. The van der Waals surface area contributed by atoms with Gasteiger partial charge in [0.05, 0.1) is 18.3 Å². The predicted octanol–water partition coefficient (Wildman–Crippen LogP) is 6.75. The smallest absolute Gasteiger partial charge is 0.275 e. The van der Waals surface area contributed by atoms with Gasteiger partial charge in [-0.15, -0.1) is 11.3 Å². The molecule has 31 heavy (non-hydrogen) atoms. The number of ether oxygens (including phenoxy) is 1. The highest BCUT2D eigenvalue weighted by Gasteiger charge is 2.15. The van der Waals surface area contributed by atoms with Gasteiger partial charge in [-0.1, -0.05) is 50.6 Å². The molecule has 0 saturated carbocycles. The van der Waals surface area contributed by atoms with Gasteiger partial charge < -0.3 is 4.74 Å². The lowest BCUT2D eigenvalue weighted by Crippen LogP contribution is -2.18. The van der Waals surface area contributed by atoms with Crippen LogP contribution in [0.25, 0.3) is 26.3 Å². The Morgan fingerprint density at radius 1 is 1.10 bits per heavy atom. The minimum atomic E-state index is -0.0836. The second-order valence-electron chi connectivity index (χ2n) is 8.81. The molecule has 160 valence electrons. The summed E-state index contributed by atoms with van der Waals surface area (Å²) in [5, 5.41) is 0.685. The van der Waals surface area contributed by atoms with Gasteiger partial charge in [-0.25, -0.2) is 4.98 Å². The largest absolute Gasteiger partial charge is 0.496 e. The van der Waals surface area contributed by atoms with E-state index in [1.54, 1.807) is 18.0 Å². The Morgan fingerprint density at radius 3 is 2.52 bits per heavy atom. The summed E-state index contributed by atoms with van der Waals surface area (Å²) in [5.41, 5.74) is 3.77. The fraction of sp³-hybridized carbons (Fsp3) is 0.280. The lowest BCUT2D eigenvalue weighted by atomic mass is 9.88. The van der Waals surface area contributed by atoms with Crippen molar-refractivity contribution in [3.05, 3.63) is 75.8 Å². The van der Waals surface area contributed by atoms with Gasteiger partial charge in [-0.2, -0.15) is 0 Å². The average Bonchev–Trinajstić information content (AvgIpc) is 3.18. The van der Waals surface area contributed by atoms with E-state index in [0.717, 1.165) is 40.3 Å². The molecule has 2 aromatic heterocycles. The summed E-state index contributed by atoms with van der Waals surface area (Å²) in [4.78, 5) is 18.8. The zero-order chi connectivity index (χ0) is 22.2. The van der Waals surface area contributed by atoms with Gasteiger partial charge in [-0.3, -0.25) is 9.36 Å². The first-order valence-corrected chi connectivity index (χ1v) is 11.4. The van der Waals surface area contributed by atoms with E-state index in [0.29, 0.717) is 15.2 Å². The third-order valence-electron chi connectivity index (χ3n) is 5.26. The number of benzene rings is 2. The molecule has 6 heteroatoms. The molecule has 0 atom stereocenters. The predicted molar refractivity (Wildman–Crippen MR) is 130 cm³/mol. The summed E-state index contributed by atoms with van der Waals surface area (Å²) in [6.07, 6.45) is 3.57. The van der Waals surface area contributed by atoms with Crippen LogP contribution in [-0.2, 0) is 6.42 Å². The number of aromatic nitrogens is 2. The summed E-state index contributed by atoms with van der Waals surface area (Å²) in [6.45, 7) is 6.69. The molecule has 0 fully saturated rings. The molecule has 0 aliphatic rings. The monoisotopic (exact) mass is 452 g/mol. The van der Waals surface area contributed by atoms with Crippen molar-refractivity contribution in [3.63, 3.8) is 0 Å². The van der Waals surface area contributed by atoms with E-state index in [-0.39, 0.29) is 11.0 Å². The molecule has 2 heterocycles. The molecule has 0 saturated heterocycles. The van der Waals surface area contributed by atoms with Crippen molar-refractivity contribution in [2.45, 2.75) is 33.6 Å². The highest BCUT2D eigenvalue weighted by Crippen LogP contribution is 2.32. The summed E-state index contributed by atoms with van der Waals surface area (Å²) in [6, 6.07) is 15.5. The minimum Gasteiger partial charge on any atom is -0.496 e. The second-order valence-corrected chi connectivity index (χ2v) is 10.3. The second kappa shape index (κ2) is 8.48. The first-order valence-electron chi connectivity index (χ1n) is 10.2. The van der Waals surface area contributed by atoms with Gasteiger partial charge in [0.2, 0.25) is 0 Å². The van der Waals surface area contributed by atoms with Crippen LogP contribution in [0, 0.1) is 5.41 Å². The van der Waals surface area contributed by atoms with Crippen molar-refractivity contribution >= 4 is 33.2 Å². The maximum atomic E-state index is 13.2. The van der Waals surface area contributed by atoms with Gasteiger partial charge in [0.15, 0.2) is 0 Å². The Morgan fingerprint density at radius 2 is 1.84 bits per heavy atom. The fourth-order valence-electron chi connectivity index (χ4n) is 3.45. The molecular weight excluding hydrogens is 428 g/mol. The first-order chi connectivity index (χ1) is 14.7. The molecular formula is C25H25ClN2O2S. The van der Waals surface area contributed by atoms with Crippen molar-refractivity contribution in [1.29, 1.82) is 0 Å². The lowest BCUT2D eigenvalue weighted by Gasteiger charge is -2.19. The maximum Gasteiger partial charge on any atom is 0.275 e. The summed E-state index contributed by atoms with van der Waals surface area (Å²) in [7, 11) is 1.67. The Labute approximate surface area is 191 Å². The standard InChI is InChI=1S/C25H25ClN2O2S/c1-25(2,3)12-11-16-7-10-19(13-21(16)30-4)28-15-27-20-14-22(31-23(20)24(28)29)17-5-8-18(26)9-6-17/h5-10,13-15H,11-12H2,1-4H3. The number of methoxy groups -OCH3 is 1. The molecule has 0 aliphatic carbocycles. The van der Waals surface area contributed by atoms with E-state index in [1.807, 2.05) is 48.5 Å². The molecule has 0 unspecified atom stereocenters. The summed E-state index contributed by atoms with van der Waals surface area (Å²) < 4.78 is 7.84. The number of fused-ring (bicyclic) bond motifs is 1. The van der Waals surface area contributed by atoms with E-state index in [1.165, 1.54) is 11.3 Å². The third kappa shape index (κ3) is 4.68. The molecule has 2 aromatic carbocycles. The molecule has 0 spiro atoms. The van der Waals surface area contributed by atoms with Crippen LogP contribution in [0.4, 0.5) is 0 Å². The first kappa shape index (κ1) is 21.6. The normalized spacial score (nSPS) is 11.8. The number of rotatable bonds is 5. The lowest BCUT2D eigenvalue weighted by molar-refractivity contribution is 0.369. The zero-order valence-corrected chi connectivity index (χ0v) is 19.7. The molecule has 0 radical (unpaired) electrons. The van der Waals surface area contributed by atoms with Gasteiger partial charge in [0.1, 0.15) is 16.8 Å². The molecule has 0 amide bonds. The van der Waals surface area contributed by atoms with E-state index in [2.05, 4.69) is 25.8 Å². The number of halogens is 1. The van der Waals surface area contributed by atoms with Crippen LogP contribution >= 0.6 is 22.9 Å². The molecule has 0 aliphatic heterocycles. The highest BCUT2D eigenvalue weighted by molar-refractivity contribution is 7.22. The highest BCUT2D eigenvalue weighted by atomic mass is 35.5. The Hall–Kier alpha value is -2.63. The van der Waals surface area contributed by atoms with E-state index < -0.39 is 0 Å². The van der Waals surface area contributed by atoms with Crippen LogP contribution in [0.5, 0.6) is 5.75 Å². The van der Waals surface area contributed by atoms with Crippen LogP contribution < -0.4 is 10.3 Å². The maximum absolute atomic E-state index is 13.2. The van der Waals surface area contributed by atoms with Crippen LogP contribution in [0.15, 0.2) is 59.7 Å². The summed E-state index contributed by atoms with van der Waals surface area (Å²) >= 11 is 7.44.